The van der Waals surface area contributed by atoms with E-state index in [1.807, 2.05) is 19.9 Å². The summed E-state index contributed by atoms with van der Waals surface area (Å²) in [4.78, 5) is 7.21. The predicted molar refractivity (Wildman–Crippen MR) is 140 cm³/mol. The third-order valence-corrected chi connectivity index (χ3v) is 8.04. The normalized spacial score (nSPS) is 24.1. The zero-order valence-corrected chi connectivity index (χ0v) is 21.9. The first-order valence-electron chi connectivity index (χ1n) is 13.3. The summed E-state index contributed by atoms with van der Waals surface area (Å²) >= 11 is 0. The zero-order chi connectivity index (χ0) is 26.4. The van der Waals surface area contributed by atoms with E-state index in [1.165, 1.54) is 6.07 Å². The molecule has 38 heavy (non-hydrogen) atoms. The van der Waals surface area contributed by atoms with Crippen molar-refractivity contribution in [3.8, 4) is 5.88 Å². The number of hydrogen-bond donors (Lipinski definition) is 1. The van der Waals surface area contributed by atoms with Gasteiger partial charge in [0.15, 0.2) is 5.82 Å². The number of halogens is 2. The molecule has 10 heteroatoms. The van der Waals surface area contributed by atoms with Crippen molar-refractivity contribution in [3.05, 3.63) is 47.2 Å². The van der Waals surface area contributed by atoms with Crippen LogP contribution in [-0.4, -0.2) is 60.3 Å². The van der Waals surface area contributed by atoms with Gasteiger partial charge in [0, 0.05) is 17.6 Å². The molecule has 202 valence electrons. The van der Waals surface area contributed by atoms with Gasteiger partial charge in [0.1, 0.15) is 17.3 Å². The summed E-state index contributed by atoms with van der Waals surface area (Å²) in [6.45, 7) is 5.53. The molecule has 8 nitrogen and oxygen atoms in total. The molecule has 1 N–H and O–H groups in total. The van der Waals surface area contributed by atoms with Crippen molar-refractivity contribution < 1.29 is 23.0 Å². The molecule has 0 aliphatic carbocycles. The number of ether oxygens (including phenoxy) is 3. The highest BCUT2D eigenvalue weighted by molar-refractivity contribution is 5.94. The number of nitrogens with one attached hydrogen (secondary N) is 1. The molecule has 3 saturated heterocycles. The summed E-state index contributed by atoms with van der Waals surface area (Å²) in [6.07, 6.45) is 2.06. The second-order valence-corrected chi connectivity index (χ2v) is 10.5. The van der Waals surface area contributed by atoms with Crippen LogP contribution < -0.4 is 15.0 Å². The van der Waals surface area contributed by atoms with E-state index >= 15 is 8.78 Å². The van der Waals surface area contributed by atoms with E-state index in [4.69, 9.17) is 19.2 Å². The number of methoxy groups -OCH3 is 1. The SMILES string of the molecule is COc1nc2c(C)nnc(N[C@H](C)c3cccc(C(F)(F)C4CCCO4)c3)c2cc1N1C2CCC1COC2. The van der Waals surface area contributed by atoms with Crippen LogP contribution in [0.1, 0.15) is 55.5 Å². The quantitative estimate of drug-likeness (QED) is 0.454. The lowest BCUT2D eigenvalue weighted by Gasteiger charge is -2.37. The van der Waals surface area contributed by atoms with Gasteiger partial charge in [0.2, 0.25) is 5.88 Å². The smallest absolute Gasteiger partial charge is 0.298 e. The lowest BCUT2D eigenvalue weighted by atomic mass is 9.97. The molecule has 2 bridgehead atoms. The number of aromatic nitrogens is 3. The monoisotopic (exact) mass is 525 g/mol. The molecule has 6 rings (SSSR count). The Labute approximate surface area is 220 Å². The minimum Gasteiger partial charge on any atom is -0.480 e. The van der Waals surface area contributed by atoms with Gasteiger partial charge in [-0.05, 0) is 57.2 Å². The number of morpholine rings is 1. The Bertz CT molecular complexity index is 1320. The van der Waals surface area contributed by atoms with E-state index in [9.17, 15) is 0 Å². The maximum absolute atomic E-state index is 15.1. The largest absolute Gasteiger partial charge is 0.480 e. The summed E-state index contributed by atoms with van der Waals surface area (Å²) < 4.78 is 47.1. The van der Waals surface area contributed by atoms with Crippen LogP contribution in [0.2, 0.25) is 0 Å². The van der Waals surface area contributed by atoms with Crippen molar-refractivity contribution in [1.29, 1.82) is 0 Å². The lowest BCUT2D eigenvalue weighted by Crippen LogP contribution is -2.46. The Hall–Kier alpha value is -3.11. The van der Waals surface area contributed by atoms with Gasteiger partial charge >= 0.3 is 0 Å². The number of hydrogen-bond acceptors (Lipinski definition) is 8. The first kappa shape index (κ1) is 25.2. The van der Waals surface area contributed by atoms with Gasteiger partial charge in [0.05, 0.1) is 44.1 Å². The van der Waals surface area contributed by atoms with Gasteiger partial charge in [-0.1, -0.05) is 18.2 Å². The van der Waals surface area contributed by atoms with Crippen LogP contribution in [0.4, 0.5) is 20.3 Å². The molecular formula is C28H33F2N5O3. The first-order chi connectivity index (χ1) is 18.4. The predicted octanol–water partition coefficient (Wildman–Crippen LogP) is 5.15. The minimum absolute atomic E-state index is 0.0353. The second kappa shape index (κ2) is 9.89. The van der Waals surface area contributed by atoms with Crippen LogP contribution in [0.25, 0.3) is 10.9 Å². The Kier molecular flexibility index (Phi) is 6.55. The van der Waals surface area contributed by atoms with Gasteiger partial charge in [-0.2, -0.15) is 13.9 Å². The Morgan fingerprint density at radius 1 is 1.13 bits per heavy atom. The number of nitrogens with zero attached hydrogens (tertiary/aromatic N) is 4. The van der Waals surface area contributed by atoms with Crippen molar-refractivity contribution in [2.75, 3.05) is 37.1 Å². The summed E-state index contributed by atoms with van der Waals surface area (Å²) in [6, 6.07) is 8.86. The van der Waals surface area contributed by atoms with Crippen molar-refractivity contribution in [1.82, 2.24) is 15.2 Å². The fourth-order valence-electron chi connectivity index (χ4n) is 5.99. The summed E-state index contributed by atoms with van der Waals surface area (Å²) in [5.41, 5.74) is 2.98. The fraction of sp³-hybridized carbons (Fsp3) is 0.536. The molecule has 2 aromatic heterocycles. The third kappa shape index (κ3) is 4.33. The zero-order valence-electron chi connectivity index (χ0n) is 21.9. The molecule has 4 atom stereocenters. The standard InChI is InChI=1S/C28H33F2N5O3/c1-16(18-6-4-7-19(12-18)28(29,30)24-8-5-11-38-24)31-26-22-13-23(35-20-9-10-21(35)15-37-14-20)27(36-3)32-25(22)17(2)33-34-26/h4,6-7,12-13,16,20-21,24H,5,8-11,14-15H2,1-3H3,(H,31,34)/t16-,20?,21?,24?/m1/s1. The van der Waals surface area contributed by atoms with Gasteiger partial charge < -0.3 is 24.4 Å². The van der Waals surface area contributed by atoms with Crippen molar-refractivity contribution >= 4 is 22.4 Å². The van der Waals surface area contributed by atoms with Crippen LogP contribution in [0.5, 0.6) is 5.88 Å². The maximum atomic E-state index is 15.1. The average Bonchev–Trinajstić information content (AvgIpc) is 3.56. The molecule has 1 aromatic carbocycles. The van der Waals surface area contributed by atoms with E-state index in [-0.39, 0.29) is 23.7 Å². The van der Waals surface area contributed by atoms with Crippen LogP contribution in [0, 0.1) is 6.92 Å². The fourth-order valence-corrected chi connectivity index (χ4v) is 5.99. The van der Waals surface area contributed by atoms with Gasteiger partial charge in [0.25, 0.3) is 5.92 Å². The molecule has 3 aliphatic rings. The third-order valence-electron chi connectivity index (χ3n) is 8.04. The maximum Gasteiger partial charge on any atom is 0.298 e. The highest BCUT2D eigenvalue weighted by Gasteiger charge is 2.44. The highest BCUT2D eigenvalue weighted by atomic mass is 19.3. The van der Waals surface area contributed by atoms with Crippen molar-refractivity contribution in [3.63, 3.8) is 0 Å². The van der Waals surface area contributed by atoms with Gasteiger partial charge in [-0.15, -0.1) is 5.10 Å². The summed E-state index contributed by atoms with van der Waals surface area (Å²) in [7, 11) is 1.63. The van der Waals surface area contributed by atoms with Crippen molar-refractivity contribution in [2.45, 2.75) is 69.7 Å². The van der Waals surface area contributed by atoms with Crippen LogP contribution in [0.15, 0.2) is 30.3 Å². The number of pyridine rings is 1. The Morgan fingerprint density at radius 3 is 2.63 bits per heavy atom. The lowest BCUT2D eigenvalue weighted by molar-refractivity contribution is -0.122. The molecular weight excluding hydrogens is 492 g/mol. The molecule has 0 saturated carbocycles. The molecule has 0 radical (unpaired) electrons. The van der Waals surface area contributed by atoms with Crippen LogP contribution in [0.3, 0.4) is 0 Å². The summed E-state index contributed by atoms with van der Waals surface area (Å²) in [5, 5.41) is 13.0. The van der Waals surface area contributed by atoms with E-state index in [0.29, 0.717) is 55.6 Å². The molecule has 5 heterocycles. The van der Waals surface area contributed by atoms with Crippen LogP contribution >= 0.6 is 0 Å². The highest BCUT2D eigenvalue weighted by Crippen LogP contribution is 2.42. The average molecular weight is 526 g/mol. The van der Waals surface area contributed by atoms with Gasteiger partial charge in [-0.3, -0.25) is 0 Å². The number of alkyl halides is 2. The number of rotatable bonds is 7. The number of anilines is 2. The molecule has 3 unspecified atom stereocenters. The molecule has 3 fully saturated rings. The number of aryl methyl sites for hydroxylation is 1. The van der Waals surface area contributed by atoms with Gasteiger partial charge in [-0.25, -0.2) is 4.98 Å². The first-order valence-corrected chi connectivity index (χ1v) is 13.3. The van der Waals surface area contributed by atoms with E-state index < -0.39 is 12.0 Å². The molecule has 3 aromatic rings. The number of benzene rings is 1. The van der Waals surface area contributed by atoms with Crippen LogP contribution in [-0.2, 0) is 15.4 Å². The number of fused-ring (bicyclic) bond motifs is 3. The Balaban J connectivity index is 1.34. The van der Waals surface area contributed by atoms with Crippen molar-refractivity contribution in [2.24, 2.45) is 0 Å². The minimum atomic E-state index is -3.05. The van der Waals surface area contributed by atoms with E-state index in [0.717, 1.165) is 29.5 Å². The molecule has 0 amide bonds. The summed E-state index contributed by atoms with van der Waals surface area (Å²) in [5.74, 6) is -1.95. The van der Waals surface area contributed by atoms with E-state index in [2.05, 4.69) is 26.5 Å². The molecule has 0 spiro atoms. The van der Waals surface area contributed by atoms with E-state index in [1.54, 1.807) is 19.2 Å². The second-order valence-electron chi connectivity index (χ2n) is 10.5. The molecule has 3 aliphatic heterocycles. The Morgan fingerprint density at radius 2 is 1.92 bits per heavy atom. The topological polar surface area (TPSA) is 81.6 Å².